The second-order valence-electron chi connectivity index (χ2n) is 5.93. The van der Waals surface area contributed by atoms with Gasteiger partial charge in [0.15, 0.2) is 6.61 Å². The number of hydrogen-bond donors (Lipinski definition) is 2. The number of unbranched alkanes of at least 4 members (excludes halogenated alkanes) is 1. The summed E-state index contributed by atoms with van der Waals surface area (Å²) < 4.78 is 10.4. The van der Waals surface area contributed by atoms with Crippen molar-refractivity contribution in [3.05, 3.63) is 52.2 Å². The van der Waals surface area contributed by atoms with E-state index in [1.165, 1.54) is 11.3 Å². The van der Waals surface area contributed by atoms with Crippen molar-refractivity contribution in [1.29, 1.82) is 0 Å². The van der Waals surface area contributed by atoms with Crippen LogP contribution in [-0.4, -0.2) is 37.5 Å². The molecule has 8 heteroatoms. The van der Waals surface area contributed by atoms with E-state index in [1.807, 2.05) is 17.5 Å². The van der Waals surface area contributed by atoms with E-state index < -0.39 is 17.8 Å². The zero-order valence-electron chi connectivity index (χ0n) is 15.7. The Bertz CT molecular complexity index is 759. The molecule has 0 unspecified atom stereocenters. The van der Waals surface area contributed by atoms with Crippen molar-refractivity contribution in [2.45, 2.75) is 26.3 Å². The SMILES string of the molecule is CCCCOc1ccc(C(=O)NCC(=O)OCC(=O)NCc2cccs2)cc1. The third kappa shape index (κ3) is 7.79. The highest BCUT2D eigenvalue weighted by Gasteiger charge is 2.11. The summed E-state index contributed by atoms with van der Waals surface area (Å²) in [4.78, 5) is 36.4. The summed E-state index contributed by atoms with van der Waals surface area (Å²) in [5, 5.41) is 7.03. The Hall–Kier alpha value is -2.87. The Labute approximate surface area is 168 Å². The van der Waals surface area contributed by atoms with Crippen LogP contribution >= 0.6 is 11.3 Å². The molecule has 7 nitrogen and oxygen atoms in total. The number of nitrogens with one attached hydrogen (secondary N) is 2. The lowest BCUT2D eigenvalue weighted by atomic mass is 10.2. The van der Waals surface area contributed by atoms with Crippen molar-refractivity contribution in [3.63, 3.8) is 0 Å². The third-order valence-electron chi connectivity index (χ3n) is 3.68. The molecule has 0 atom stereocenters. The van der Waals surface area contributed by atoms with Crippen molar-refractivity contribution >= 4 is 29.1 Å². The van der Waals surface area contributed by atoms with Crippen LogP contribution < -0.4 is 15.4 Å². The number of carbonyl (C=O) groups is 3. The van der Waals surface area contributed by atoms with Crippen molar-refractivity contribution in [2.75, 3.05) is 19.8 Å². The molecule has 0 saturated heterocycles. The Kier molecular flexibility index (Phi) is 9.00. The minimum absolute atomic E-state index is 0.314. The molecule has 2 N–H and O–H groups in total. The fourth-order valence-corrected chi connectivity index (χ4v) is 2.78. The van der Waals surface area contributed by atoms with Gasteiger partial charge in [-0.2, -0.15) is 0 Å². The first-order valence-corrected chi connectivity index (χ1v) is 9.92. The minimum atomic E-state index is -0.681. The van der Waals surface area contributed by atoms with Crippen LogP contribution in [0.3, 0.4) is 0 Å². The number of amides is 2. The minimum Gasteiger partial charge on any atom is -0.494 e. The van der Waals surface area contributed by atoms with E-state index in [9.17, 15) is 14.4 Å². The molecule has 28 heavy (non-hydrogen) atoms. The average molecular weight is 404 g/mol. The molecule has 1 aromatic carbocycles. The molecule has 1 aromatic heterocycles. The summed E-state index contributed by atoms with van der Waals surface area (Å²) in [6.45, 7) is 2.41. The van der Waals surface area contributed by atoms with Crippen LogP contribution in [0.1, 0.15) is 35.0 Å². The number of benzene rings is 1. The predicted molar refractivity (Wildman–Crippen MR) is 106 cm³/mol. The molecular weight excluding hydrogens is 380 g/mol. The highest BCUT2D eigenvalue weighted by Crippen LogP contribution is 2.12. The summed E-state index contributed by atoms with van der Waals surface area (Å²) in [5.74, 6) is -0.789. The van der Waals surface area contributed by atoms with Gasteiger partial charge in [0.1, 0.15) is 12.3 Å². The summed E-state index contributed by atoms with van der Waals surface area (Å²) in [5.41, 5.74) is 0.407. The van der Waals surface area contributed by atoms with Crippen LogP contribution in [0.4, 0.5) is 0 Å². The molecule has 2 aromatic rings. The van der Waals surface area contributed by atoms with Gasteiger partial charge >= 0.3 is 5.97 Å². The molecule has 0 radical (unpaired) electrons. The summed E-state index contributed by atoms with van der Waals surface area (Å²) in [6, 6.07) is 10.5. The Balaban J connectivity index is 1.64. The Morgan fingerprint density at radius 3 is 2.54 bits per heavy atom. The van der Waals surface area contributed by atoms with Gasteiger partial charge in [0.25, 0.3) is 11.8 Å². The average Bonchev–Trinajstić information content (AvgIpc) is 3.23. The van der Waals surface area contributed by atoms with Gasteiger partial charge < -0.3 is 20.1 Å². The van der Waals surface area contributed by atoms with Gasteiger partial charge in [-0.05, 0) is 42.1 Å². The first kappa shape index (κ1) is 21.4. The van der Waals surface area contributed by atoms with Gasteiger partial charge in [-0.15, -0.1) is 11.3 Å². The highest BCUT2D eigenvalue weighted by atomic mass is 32.1. The molecule has 0 bridgehead atoms. The molecule has 0 fully saturated rings. The molecule has 0 aliphatic rings. The maximum Gasteiger partial charge on any atom is 0.325 e. The second kappa shape index (κ2) is 11.8. The first-order valence-electron chi connectivity index (χ1n) is 9.04. The van der Waals surface area contributed by atoms with Crippen molar-refractivity contribution < 1.29 is 23.9 Å². The zero-order valence-corrected chi connectivity index (χ0v) is 16.6. The van der Waals surface area contributed by atoms with Gasteiger partial charge in [-0.1, -0.05) is 19.4 Å². The van der Waals surface area contributed by atoms with Crippen LogP contribution in [0.15, 0.2) is 41.8 Å². The summed E-state index contributed by atoms with van der Waals surface area (Å²) >= 11 is 1.53. The fraction of sp³-hybridized carbons (Fsp3) is 0.350. The molecule has 0 saturated carbocycles. The largest absolute Gasteiger partial charge is 0.494 e. The van der Waals surface area contributed by atoms with Crippen LogP contribution in [0.5, 0.6) is 5.75 Å². The summed E-state index contributed by atoms with van der Waals surface area (Å²) in [6.07, 6.45) is 2.02. The summed E-state index contributed by atoms with van der Waals surface area (Å²) in [7, 11) is 0. The normalized spacial score (nSPS) is 10.2. The number of rotatable bonds is 11. The number of esters is 1. The van der Waals surface area contributed by atoms with E-state index in [0.29, 0.717) is 24.5 Å². The molecule has 0 spiro atoms. The number of carbonyl (C=O) groups excluding carboxylic acids is 3. The number of hydrogen-bond acceptors (Lipinski definition) is 6. The molecule has 1 heterocycles. The van der Waals surface area contributed by atoms with Crippen molar-refractivity contribution in [1.82, 2.24) is 10.6 Å². The smallest absolute Gasteiger partial charge is 0.325 e. The van der Waals surface area contributed by atoms with E-state index in [4.69, 9.17) is 9.47 Å². The van der Waals surface area contributed by atoms with E-state index in [2.05, 4.69) is 17.6 Å². The van der Waals surface area contributed by atoms with Gasteiger partial charge in [-0.3, -0.25) is 14.4 Å². The zero-order chi connectivity index (χ0) is 20.2. The standard InChI is InChI=1S/C20H24N2O5S/c1-2-3-10-26-16-8-6-15(7-9-16)20(25)22-13-19(24)27-14-18(23)21-12-17-5-4-11-28-17/h4-9,11H,2-3,10,12-14H2,1H3,(H,21,23)(H,22,25). The molecule has 2 amide bonds. The molecule has 2 rings (SSSR count). The maximum absolute atomic E-state index is 12.1. The molecule has 0 aliphatic carbocycles. The molecule has 150 valence electrons. The van der Waals surface area contributed by atoms with Crippen LogP contribution in [0.2, 0.25) is 0 Å². The number of ether oxygens (including phenoxy) is 2. The Morgan fingerprint density at radius 2 is 1.86 bits per heavy atom. The van der Waals surface area contributed by atoms with Gasteiger partial charge in [0.2, 0.25) is 0 Å². The lowest BCUT2D eigenvalue weighted by Crippen LogP contribution is -2.33. The van der Waals surface area contributed by atoms with E-state index in [-0.39, 0.29) is 13.2 Å². The van der Waals surface area contributed by atoms with Crippen molar-refractivity contribution in [2.24, 2.45) is 0 Å². The third-order valence-corrected chi connectivity index (χ3v) is 4.56. The van der Waals surface area contributed by atoms with Gasteiger partial charge in [0, 0.05) is 10.4 Å². The number of thiophene rings is 1. The van der Waals surface area contributed by atoms with Gasteiger partial charge in [0.05, 0.1) is 13.2 Å². The fourth-order valence-electron chi connectivity index (χ4n) is 2.14. The van der Waals surface area contributed by atoms with E-state index >= 15 is 0 Å². The van der Waals surface area contributed by atoms with Crippen LogP contribution in [-0.2, 0) is 20.9 Å². The van der Waals surface area contributed by atoms with Crippen LogP contribution in [0.25, 0.3) is 0 Å². The second-order valence-corrected chi connectivity index (χ2v) is 6.96. The predicted octanol–water partition coefficient (Wildman–Crippen LogP) is 2.52. The van der Waals surface area contributed by atoms with E-state index in [0.717, 1.165) is 17.7 Å². The topological polar surface area (TPSA) is 93.7 Å². The first-order chi connectivity index (χ1) is 13.6. The van der Waals surface area contributed by atoms with Gasteiger partial charge in [-0.25, -0.2) is 0 Å². The monoisotopic (exact) mass is 404 g/mol. The maximum atomic E-state index is 12.1. The van der Waals surface area contributed by atoms with Crippen molar-refractivity contribution in [3.8, 4) is 5.75 Å². The Morgan fingerprint density at radius 1 is 1.07 bits per heavy atom. The van der Waals surface area contributed by atoms with E-state index in [1.54, 1.807) is 24.3 Å². The molecule has 0 aliphatic heterocycles. The quantitative estimate of drug-likeness (QED) is 0.443. The lowest BCUT2D eigenvalue weighted by molar-refractivity contribution is -0.147. The highest BCUT2D eigenvalue weighted by molar-refractivity contribution is 7.09. The lowest BCUT2D eigenvalue weighted by Gasteiger charge is -2.08. The van der Waals surface area contributed by atoms with Crippen LogP contribution in [0, 0.1) is 0 Å². The molecular formula is C20H24N2O5S.